The van der Waals surface area contributed by atoms with Gasteiger partial charge in [0.15, 0.2) is 5.96 Å². The lowest BCUT2D eigenvalue weighted by atomic mass is 9.40. The van der Waals surface area contributed by atoms with Gasteiger partial charge in [0.05, 0.1) is 35.9 Å². The number of aryl methyl sites for hydroxylation is 1. The summed E-state index contributed by atoms with van der Waals surface area (Å²) in [4.78, 5) is 5.02. The number of guanidine groups is 1. The molecule has 6 aliphatic carbocycles. The van der Waals surface area contributed by atoms with Crippen LogP contribution in [0.5, 0.6) is 0 Å². The minimum absolute atomic E-state index is 0.00573. The molecule has 0 amide bonds. The van der Waals surface area contributed by atoms with Crippen LogP contribution in [0.4, 0.5) is 0 Å². The first-order valence-electron chi connectivity index (χ1n) is 25.8. The zero-order valence-electron chi connectivity index (χ0n) is 38.6. The molecule has 1 aromatic heterocycles. The Balaban J connectivity index is 0.796. The lowest BCUT2D eigenvalue weighted by molar-refractivity contribution is -0.138. The molecule has 0 bridgehead atoms. The molecular weight excluding hydrogens is 779 g/mol. The van der Waals surface area contributed by atoms with Crippen LogP contribution in [0.3, 0.4) is 0 Å². The number of aliphatic hydroxyl groups is 2. The van der Waals surface area contributed by atoms with Crippen molar-refractivity contribution in [2.24, 2.45) is 57.1 Å². The maximum absolute atomic E-state index is 11.4. The van der Waals surface area contributed by atoms with Gasteiger partial charge in [0.25, 0.3) is 0 Å². The molecule has 12 unspecified atom stereocenters. The van der Waals surface area contributed by atoms with E-state index in [1.165, 1.54) is 106 Å². The van der Waals surface area contributed by atoms with E-state index in [2.05, 4.69) is 60.8 Å². The van der Waals surface area contributed by atoms with Gasteiger partial charge in [0, 0.05) is 41.6 Å². The van der Waals surface area contributed by atoms with Gasteiger partial charge in [-0.3, -0.25) is 4.99 Å². The number of hydrogen-bond donors (Lipinski definition) is 4. The predicted octanol–water partition coefficient (Wildman–Crippen LogP) is 11.8. The average Bonchev–Trinajstić information content (AvgIpc) is 3.71. The summed E-state index contributed by atoms with van der Waals surface area (Å²) < 4.78 is 12.6. The second kappa shape index (κ2) is 17.9. The molecule has 2 aromatic carbocycles. The number of nitrogens with zero attached hydrogens (tertiary/aromatic N) is 1. The number of nitrogens with one attached hydrogen (secondary N) is 1. The Labute approximate surface area is 378 Å². The van der Waals surface area contributed by atoms with Crippen LogP contribution in [0.2, 0.25) is 0 Å². The lowest BCUT2D eigenvalue weighted by Gasteiger charge is -2.64. The smallest absolute Gasteiger partial charge is 0.188 e. The fourth-order valence-electron chi connectivity index (χ4n) is 15.9. The lowest BCUT2D eigenvalue weighted by Crippen LogP contribution is -2.57. The number of benzene rings is 2. The maximum Gasteiger partial charge on any atom is 0.188 e. The van der Waals surface area contributed by atoms with Gasteiger partial charge >= 0.3 is 0 Å². The molecule has 1 spiro atoms. The quantitative estimate of drug-likeness (QED) is 0.0589. The minimum atomic E-state index is -0.680. The molecule has 2 heterocycles. The molecule has 10 rings (SSSR count). The van der Waals surface area contributed by atoms with Gasteiger partial charge in [-0.2, -0.15) is 0 Å². The van der Waals surface area contributed by atoms with Gasteiger partial charge in [-0.1, -0.05) is 79.9 Å². The molecule has 1 saturated heterocycles. The first-order valence-corrected chi connectivity index (χ1v) is 25.8. The monoisotopic (exact) mass is 858 g/mol. The van der Waals surface area contributed by atoms with Crippen molar-refractivity contribution in [3.8, 4) is 0 Å². The maximum atomic E-state index is 11.4. The van der Waals surface area contributed by atoms with Crippen molar-refractivity contribution in [1.29, 1.82) is 0 Å². The number of aliphatic imine (C=N–C) groups is 1. The van der Waals surface area contributed by atoms with Crippen molar-refractivity contribution in [2.75, 3.05) is 13.1 Å². The topological polar surface area (TPSA) is 117 Å². The number of allylic oxidation sites excluding steroid dienone is 1. The highest BCUT2D eigenvalue weighted by molar-refractivity contribution is 5.85. The largest absolute Gasteiger partial charge is 0.471 e. The number of fused-ring (bicyclic) bond motifs is 4. The number of hydrogen-bond acceptors (Lipinski definition) is 5. The Morgan fingerprint density at radius 1 is 0.889 bits per heavy atom. The van der Waals surface area contributed by atoms with Gasteiger partial charge < -0.3 is 30.4 Å². The molecular formula is C56H79N3O4. The van der Waals surface area contributed by atoms with Crippen LogP contribution in [-0.4, -0.2) is 52.7 Å². The Hall–Kier alpha value is -3.13. The molecule has 5 N–H and O–H groups in total. The van der Waals surface area contributed by atoms with Crippen LogP contribution in [0.15, 0.2) is 82.6 Å². The van der Waals surface area contributed by atoms with Crippen molar-refractivity contribution in [3.05, 3.63) is 84.3 Å². The third-order valence-electron chi connectivity index (χ3n) is 19.1. The molecule has 342 valence electrons. The molecule has 7 fully saturated rings. The Kier molecular flexibility index (Phi) is 12.4. The average molecular weight is 858 g/mol. The molecule has 63 heavy (non-hydrogen) atoms. The second-order valence-corrected chi connectivity index (χ2v) is 23.0. The van der Waals surface area contributed by atoms with Crippen LogP contribution in [0.25, 0.3) is 10.8 Å². The van der Waals surface area contributed by atoms with Crippen molar-refractivity contribution >= 4 is 16.7 Å². The van der Waals surface area contributed by atoms with Crippen molar-refractivity contribution in [3.63, 3.8) is 0 Å². The highest BCUT2D eigenvalue weighted by Gasteiger charge is 2.68. The molecule has 12 atom stereocenters. The number of furan rings is 1. The van der Waals surface area contributed by atoms with Crippen molar-refractivity contribution in [2.45, 2.75) is 184 Å². The van der Waals surface area contributed by atoms with E-state index in [0.29, 0.717) is 48.2 Å². The molecule has 7 aliphatic rings. The second-order valence-electron chi connectivity index (χ2n) is 23.0. The first kappa shape index (κ1) is 43.7. The Morgan fingerprint density at radius 2 is 1.75 bits per heavy atom. The summed E-state index contributed by atoms with van der Waals surface area (Å²) in [6.45, 7) is 9.04. The zero-order valence-corrected chi connectivity index (χ0v) is 38.6. The molecule has 3 aromatic rings. The normalized spacial score (nSPS) is 38.9. The van der Waals surface area contributed by atoms with Gasteiger partial charge in [0.1, 0.15) is 0 Å². The van der Waals surface area contributed by atoms with E-state index in [4.69, 9.17) is 26.5 Å². The first-order chi connectivity index (χ1) is 30.5. The predicted molar refractivity (Wildman–Crippen MR) is 254 cm³/mol. The summed E-state index contributed by atoms with van der Waals surface area (Å²) in [5.74, 6) is 5.08. The zero-order chi connectivity index (χ0) is 43.2. The van der Waals surface area contributed by atoms with E-state index in [-0.39, 0.29) is 23.0 Å². The van der Waals surface area contributed by atoms with E-state index in [1.54, 1.807) is 5.57 Å². The van der Waals surface area contributed by atoms with E-state index >= 15 is 0 Å². The van der Waals surface area contributed by atoms with E-state index in [9.17, 15) is 10.2 Å². The SMILES string of the molecule is C=C1CC2(CCC(CCC3(O)CCCC(O)C3)C2)C2OC2(C)CCC2C1CC2(C1CCCCC1)C1CCC(CNC(N)=NCC(CCc2ccccc2)c2cccc3cocc23)C1. The van der Waals surface area contributed by atoms with Gasteiger partial charge in [-0.05, 0) is 181 Å². The highest BCUT2D eigenvalue weighted by Crippen LogP contribution is 2.72. The van der Waals surface area contributed by atoms with Crippen LogP contribution in [0.1, 0.15) is 165 Å². The van der Waals surface area contributed by atoms with Crippen molar-refractivity contribution in [1.82, 2.24) is 5.32 Å². The molecule has 7 nitrogen and oxygen atoms in total. The summed E-state index contributed by atoms with van der Waals surface area (Å²) >= 11 is 0. The van der Waals surface area contributed by atoms with Crippen LogP contribution in [0, 0.1) is 46.3 Å². The Bertz CT molecular complexity index is 2080. The van der Waals surface area contributed by atoms with Crippen LogP contribution < -0.4 is 11.1 Å². The van der Waals surface area contributed by atoms with Gasteiger partial charge in [-0.25, -0.2) is 0 Å². The summed E-state index contributed by atoms with van der Waals surface area (Å²) in [5, 5.41) is 27.7. The summed E-state index contributed by atoms with van der Waals surface area (Å²) in [7, 11) is 0. The molecule has 1 aliphatic heterocycles. The van der Waals surface area contributed by atoms with Crippen LogP contribution in [-0.2, 0) is 11.2 Å². The number of nitrogens with two attached hydrogens (primary N) is 1. The summed E-state index contributed by atoms with van der Waals surface area (Å²) in [6.07, 6.45) is 30.5. The molecule has 7 heteroatoms. The molecule has 6 saturated carbocycles. The highest BCUT2D eigenvalue weighted by atomic mass is 16.6. The standard InChI is InChI=1S/C56H79N3O4/c1-38-30-54(27-22-40(31-54)23-28-55(61)25-10-16-46(60)32-55)51-53(2,63-51)26-24-50-48(38)33-56(50,44-14-7-4-8-15-44)45-21-19-41(29-45)34-58-52(57)59-35-42(20-18-39-11-5-3-6-12-39)47-17-9-13-43-36-62-37-49(43)47/h3,5-6,9,11-13,17,36-37,40-42,44-46,48,50-51,60-61H,1,4,7-8,10,14-16,18-35H2,2H3,(H3,57,58,59). The van der Waals surface area contributed by atoms with Crippen molar-refractivity contribution < 1.29 is 19.4 Å². The minimum Gasteiger partial charge on any atom is -0.471 e. The molecule has 0 radical (unpaired) electrons. The number of aliphatic hydroxyl groups excluding tert-OH is 1. The number of ether oxygens (including phenoxy) is 1. The number of epoxide rings is 1. The van der Waals surface area contributed by atoms with Gasteiger partial charge in [0.2, 0.25) is 0 Å². The fraction of sp³-hybridized carbons (Fsp3) is 0.696. The third-order valence-corrected chi connectivity index (χ3v) is 19.1. The third kappa shape index (κ3) is 8.83. The van der Waals surface area contributed by atoms with E-state index < -0.39 is 5.60 Å². The fourth-order valence-corrected chi connectivity index (χ4v) is 15.9. The van der Waals surface area contributed by atoms with E-state index in [1.807, 2.05) is 12.5 Å². The van der Waals surface area contributed by atoms with Gasteiger partial charge in [-0.15, -0.1) is 0 Å². The van der Waals surface area contributed by atoms with Crippen LogP contribution >= 0.6 is 0 Å². The summed E-state index contributed by atoms with van der Waals surface area (Å²) in [6, 6.07) is 17.3. The van der Waals surface area contributed by atoms with E-state index in [0.717, 1.165) is 81.1 Å². The number of rotatable bonds is 13. The summed E-state index contributed by atoms with van der Waals surface area (Å²) in [5.41, 5.74) is 10.9. The Morgan fingerprint density at radius 3 is 2.59 bits per heavy atom.